The average Bonchev–Trinajstić information content (AvgIpc) is 3.16. The summed E-state index contributed by atoms with van der Waals surface area (Å²) >= 11 is 0. The third-order valence-corrected chi connectivity index (χ3v) is 4.17. The van der Waals surface area contributed by atoms with Crippen LogP contribution >= 0.6 is 0 Å². The summed E-state index contributed by atoms with van der Waals surface area (Å²) in [6, 6.07) is 18.5. The highest BCUT2D eigenvalue weighted by Gasteiger charge is 2.14. The molecule has 6 heteroatoms. The molecule has 6 nitrogen and oxygen atoms in total. The molecule has 2 aromatic carbocycles. The Balaban J connectivity index is 1.51. The Morgan fingerprint density at radius 2 is 1.75 bits per heavy atom. The molecule has 0 atom stereocenters. The number of hydrogen-bond donors (Lipinski definition) is 2. The Kier molecular flexibility index (Phi) is 6.01. The van der Waals surface area contributed by atoms with E-state index in [0.29, 0.717) is 17.2 Å². The molecule has 142 valence electrons. The first kappa shape index (κ1) is 19.1. The van der Waals surface area contributed by atoms with E-state index < -0.39 is 11.8 Å². The second-order valence-corrected chi connectivity index (χ2v) is 6.33. The van der Waals surface area contributed by atoms with Crippen LogP contribution in [0.4, 0.5) is 11.4 Å². The van der Waals surface area contributed by atoms with Crippen molar-refractivity contribution in [3.8, 4) is 0 Å². The highest BCUT2D eigenvalue weighted by molar-refractivity contribution is 6.39. The van der Waals surface area contributed by atoms with E-state index in [1.54, 1.807) is 24.4 Å². The first-order chi connectivity index (χ1) is 13.5. The van der Waals surface area contributed by atoms with Gasteiger partial charge in [0.25, 0.3) is 0 Å². The van der Waals surface area contributed by atoms with Crippen LogP contribution in [0.3, 0.4) is 0 Å². The lowest BCUT2D eigenvalue weighted by molar-refractivity contribution is -0.136. The van der Waals surface area contributed by atoms with Gasteiger partial charge in [0.2, 0.25) is 0 Å². The zero-order valence-corrected chi connectivity index (χ0v) is 15.7. The fourth-order valence-corrected chi connectivity index (χ4v) is 2.47. The molecule has 0 unspecified atom stereocenters. The van der Waals surface area contributed by atoms with Crippen LogP contribution in [-0.4, -0.2) is 18.0 Å². The molecule has 0 aliphatic heterocycles. The first-order valence-corrected chi connectivity index (χ1v) is 8.85. The summed E-state index contributed by atoms with van der Waals surface area (Å²) in [6.45, 7) is 4.04. The summed E-state index contributed by atoms with van der Waals surface area (Å²) in [5.41, 5.74) is 3.56. The predicted molar refractivity (Wildman–Crippen MR) is 109 cm³/mol. The SMILES string of the molecule is Cc1ccc(NC(=O)C(=O)NCc2ccc(C=Nc3ccccc3)o2)cc1C. The largest absolute Gasteiger partial charge is 0.458 e. The second kappa shape index (κ2) is 8.81. The summed E-state index contributed by atoms with van der Waals surface area (Å²) in [5.74, 6) is -0.357. The van der Waals surface area contributed by atoms with Gasteiger partial charge in [0.1, 0.15) is 11.5 Å². The molecular weight excluding hydrogens is 354 g/mol. The van der Waals surface area contributed by atoms with Gasteiger partial charge in [-0.25, -0.2) is 0 Å². The van der Waals surface area contributed by atoms with Crippen LogP contribution in [0.25, 0.3) is 0 Å². The van der Waals surface area contributed by atoms with Crippen molar-refractivity contribution >= 4 is 29.4 Å². The van der Waals surface area contributed by atoms with Crippen LogP contribution in [0.5, 0.6) is 0 Å². The van der Waals surface area contributed by atoms with E-state index >= 15 is 0 Å². The molecule has 0 radical (unpaired) electrons. The second-order valence-electron chi connectivity index (χ2n) is 6.33. The maximum atomic E-state index is 12.0. The Bertz CT molecular complexity index is 1010. The summed E-state index contributed by atoms with van der Waals surface area (Å²) in [6.07, 6.45) is 1.60. The van der Waals surface area contributed by atoms with E-state index in [-0.39, 0.29) is 6.54 Å². The number of nitrogens with one attached hydrogen (secondary N) is 2. The number of aryl methyl sites for hydroxylation is 2. The lowest BCUT2D eigenvalue weighted by Crippen LogP contribution is -2.34. The van der Waals surface area contributed by atoms with Crippen LogP contribution in [0, 0.1) is 13.8 Å². The first-order valence-electron chi connectivity index (χ1n) is 8.85. The summed E-state index contributed by atoms with van der Waals surface area (Å²) < 4.78 is 5.59. The minimum absolute atomic E-state index is 0.109. The van der Waals surface area contributed by atoms with Crippen LogP contribution in [0.2, 0.25) is 0 Å². The molecule has 0 saturated heterocycles. The number of aliphatic imine (C=N–C) groups is 1. The minimum atomic E-state index is -0.728. The van der Waals surface area contributed by atoms with Crippen molar-refractivity contribution in [2.24, 2.45) is 4.99 Å². The van der Waals surface area contributed by atoms with Crippen molar-refractivity contribution in [1.29, 1.82) is 0 Å². The van der Waals surface area contributed by atoms with Gasteiger partial charge >= 0.3 is 11.8 Å². The molecule has 0 aliphatic rings. The molecule has 0 saturated carbocycles. The van der Waals surface area contributed by atoms with E-state index in [2.05, 4.69) is 15.6 Å². The minimum Gasteiger partial charge on any atom is -0.458 e. The summed E-state index contributed by atoms with van der Waals surface area (Å²) in [4.78, 5) is 28.3. The van der Waals surface area contributed by atoms with E-state index in [4.69, 9.17) is 4.42 Å². The quantitative estimate of drug-likeness (QED) is 0.524. The Morgan fingerprint density at radius 1 is 0.964 bits per heavy atom. The molecule has 0 spiro atoms. The van der Waals surface area contributed by atoms with Gasteiger partial charge in [-0.05, 0) is 61.4 Å². The van der Waals surface area contributed by atoms with Gasteiger partial charge in [0.15, 0.2) is 0 Å². The zero-order valence-electron chi connectivity index (χ0n) is 15.7. The molecule has 28 heavy (non-hydrogen) atoms. The average molecular weight is 375 g/mol. The Morgan fingerprint density at radius 3 is 2.50 bits per heavy atom. The molecule has 1 aromatic heterocycles. The molecule has 0 bridgehead atoms. The van der Waals surface area contributed by atoms with Gasteiger partial charge in [0, 0.05) is 5.69 Å². The summed E-state index contributed by atoms with van der Waals surface area (Å²) in [7, 11) is 0. The molecular formula is C22H21N3O3. The van der Waals surface area contributed by atoms with E-state index in [0.717, 1.165) is 16.8 Å². The van der Waals surface area contributed by atoms with Crippen molar-refractivity contribution in [3.05, 3.63) is 83.3 Å². The molecule has 0 aliphatic carbocycles. The highest BCUT2D eigenvalue weighted by Crippen LogP contribution is 2.14. The van der Waals surface area contributed by atoms with E-state index in [9.17, 15) is 9.59 Å². The topological polar surface area (TPSA) is 83.7 Å². The normalized spacial score (nSPS) is 10.8. The van der Waals surface area contributed by atoms with Crippen LogP contribution in [0.1, 0.15) is 22.6 Å². The number of carbonyl (C=O) groups is 2. The number of hydrogen-bond acceptors (Lipinski definition) is 4. The smallest absolute Gasteiger partial charge is 0.313 e. The fraction of sp³-hybridized carbons (Fsp3) is 0.136. The number of rotatable bonds is 5. The molecule has 2 amide bonds. The zero-order chi connectivity index (χ0) is 19.9. The molecule has 0 fully saturated rings. The van der Waals surface area contributed by atoms with E-state index in [1.807, 2.05) is 56.3 Å². The number of para-hydroxylation sites is 1. The number of furan rings is 1. The van der Waals surface area contributed by atoms with Crippen molar-refractivity contribution < 1.29 is 14.0 Å². The number of amides is 2. The molecule has 3 aromatic rings. The van der Waals surface area contributed by atoms with Gasteiger partial charge in [-0.15, -0.1) is 0 Å². The fourth-order valence-electron chi connectivity index (χ4n) is 2.47. The maximum Gasteiger partial charge on any atom is 0.313 e. The number of carbonyl (C=O) groups excluding carboxylic acids is 2. The number of nitrogens with zero attached hydrogens (tertiary/aromatic N) is 1. The Hall–Kier alpha value is -3.67. The highest BCUT2D eigenvalue weighted by atomic mass is 16.3. The van der Waals surface area contributed by atoms with Crippen LogP contribution in [0.15, 0.2) is 70.1 Å². The monoisotopic (exact) mass is 375 g/mol. The van der Waals surface area contributed by atoms with Crippen molar-refractivity contribution in [1.82, 2.24) is 5.32 Å². The van der Waals surface area contributed by atoms with Gasteiger partial charge in [-0.3, -0.25) is 14.6 Å². The summed E-state index contributed by atoms with van der Waals surface area (Å²) in [5, 5.41) is 5.13. The molecule has 3 rings (SSSR count). The third-order valence-electron chi connectivity index (χ3n) is 4.17. The third kappa shape index (κ3) is 5.17. The Labute approximate surface area is 163 Å². The van der Waals surface area contributed by atoms with Crippen LogP contribution in [-0.2, 0) is 16.1 Å². The van der Waals surface area contributed by atoms with Gasteiger partial charge < -0.3 is 15.1 Å². The van der Waals surface area contributed by atoms with Crippen molar-refractivity contribution in [2.75, 3.05) is 5.32 Å². The maximum absolute atomic E-state index is 12.0. The lowest BCUT2D eigenvalue weighted by Gasteiger charge is -2.07. The lowest BCUT2D eigenvalue weighted by atomic mass is 10.1. The molecule has 2 N–H and O–H groups in total. The standard InChI is InChI=1S/C22H21N3O3/c1-15-8-9-18(12-16(15)2)25-22(27)21(26)24-14-20-11-10-19(28-20)13-23-17-6-4-3-5-7-17/h3-13H,14H2,1-2H3,(H,24,26)(H,25,27). The van der Waals surface area contributed by atoms with E-state index in [1.165, 1.54) is 0 Å². The van der Waals surface area contributed by atoms with Crippen molar-refractivity contribution in [3.63, 3.8) is 0 Å². The van der Waals surface area contributed by atoms with Gasteiger partial charge in [0.05, 0.1) is 18.4 Å². The van der Waals surface area contributed by atoms with Crippen LogP contribution < -0.4 is 10.6 Å². The number of anilines is 1. The van der Waals surface area contributed by atoms with Crippen molar-refractivity contribution in [2.45, 2.75) is 20.4 Å². The van der Waals surface area contributed by atoms with Gasteiger partial charge in [-0.2, -0.15) is 0 Å². The predicted octanol–water partition coefficient (Wildman–Crippen LogP) is 3.90. The number of benzene rings is 2. The molecule has 1 heterocycles. The van der Waals surface area contributed by atoms with Gasteiger partial charge in [-0.1, -0.05) is 24.3 Å².